The lowest BCUT2D eigenvalue weighted by atomic mass is 10.1. The maximum absolute atomic E-state index is 12.0. The second-order valence-electron chi connectivity index (χ2n) is 3.97. The first-order valence-electron chi connectivity index (χ1n) is 5.25. The zero-order chi connectivity index (χ0) is 12.5. The molecule has 0 radical (unpaired) electrons. The molecule has 1 aromatic carbocycles. The summed E-state index contributed by atoms with van der Waals surface area (Å²) < 4.78 is 24.0. The van der Waals surface area contributed by atoms with Crippen molar-refractivity contribution >= 4 is 15.8 Å². The highest BCUT2D eigenvalue weighted by Gasteiger charge is 2.41. The van der Waals surface area contributed by atoms with E-state index >= 15 is 0 Å². The molecule has 17 heavy (non-hydrogen) atoms. The molecule has 2 atom stereocenters. The highest BCUT2D eigenvalue weighted by atomic mass is 32.2. The summed E-state index contributed by atoms with van der Waals surface area (Å²) in [7, 11) is -3.41. The van der Waals surface area contributed by atoms with Gasteiger partial charge in [-0.3, -0.25) is 4.79 Å². The van der Waals surface area contributed by atoms with Crippen molar-refractivity contribution in [3.8, 4) is 0 Å². The van der Waals surface area contributed by atoms with Gasteiger partial charge in [0, 0.05) is 6.54 Å². The average molecular weight is 255 g/mol. The number of carbonyl (C=O) groups is 1. The summed E-state index contributed by atoms with van der Waals surface area (Å²) >= 11 is 0. The third kappa shape index (κ3) is 2.32. The third-order valence-corrected chi connectivity index (χ3v) is 4.93. The topological polar surface area (TPSA) is 83.5 Å². The van der Waals surface area contributed by atoms with Crippen LogP contribution in [0.25, 0.3) is 0 Å². The number of carboxylic acids is 1. The van der Waals surface area contributed by atoms with Crippen LogP contribution >= 0.6 is 0 Å². The molecule has 2 N–H and O–H groups in total. The molecule has 0 saturated carbocycles. The Morgan fingerprint density at radius 2 is 1.94 bits per heavy atom. The SMILES string of the molecule is O=C(O)C1NCCS(=O)(=O)C1c1ccccc1. The van der Waals surface area contributed by atoms with Crippen molar-refractivity contribution < 1.29 is 18.3 Å². The number of benzene rings is 1. The lowest BCUT2D eigenvalue weighted by Gasteiger charge is -2.29. The average Bonchev–Trinajstić information content (AvgIpc) is 2.28. The Labute approximate surface area is 99.4 Å². The van der Waals surface area contributed by atoms with E-state index in [2.05, 4.69) is 5.32 Å². The van der Waals surface area contributed by atoms with E-state index in [1.54, 1.807) is 30.3 Å². The quantitative estimate of drug-likeness (QED) is 0.788. The predicted octanol–water partition coefficient (Wildman–Crippen LogP) is 0.199. The van der Waals surface area contributed by atoms with Crippen molar-refractivity contribution in [1.29, 1.82) is 0 Å². The van der Waals surface area contributed by atoms with Gasteiger partial charge in [-0.05, 0) is 5.56 Å². The van der Waals surface area contributed by atoms with Crippen LogP contribution in [0.4, 0.5) is 0 Å². The van der Waals surface area contributed by atoms with Gasteiger partial charge in [-0.15, -0.1) is 0 Å². The standard InChI is InChI=1S/C11H13NO4S/c13-11(14)9-10(8-4-2-1-3-5-8)17(15,16)7-6-12-9/h1-5,9-10,12H,6-7H2,(H,13,14). The van der Waals surface area contributed by atoms with E-state index in [1.165, 1.54) is 0 Å². The van der Waals surface area contributed by atoms with Crippen LogP contribution in [0.3, 0.4) is 0 Å². The fourth-order valence-electron chi connectivity index (χ4n) is 2.06. The van der Waals surface area contributed by atoms with Gasteiger partial charge in [0.05, 0.1) is 5.75 Å². The monoisotopic (exact) mass is 255 g/mol. The zero-order valence-electron chi connectivity index (χ0n) is 9.04. The van der Waals surface area contributed by atoms with Crippen molar-refractivity contribution in [2.24, 2.45) is 0 Å². The van der Waals surface area contributed by atoms with E-state index in [0.29, 0.717) is 5.56 Å². The molecule has 0 amide bonds. The van der Waals surface area contributed by atoms with E-state index in [9.17, 15) is 13.2 Å². The molecule has 92 valence electrons. The van der Waals surface area contributed by atoms with Crippen LogP contribution < -0.4 is 5.32 Å². The predicted molar refractivity (Wildman–Crippen MR) is 62.4 cm³/mol. The van der Waals surface area contributed by atoms with E-state index in [-0.39, 0.29) is 12.3 Å². The Hall–Kier alpha value is -1.40. The van der Waals surface area contributed by atoms with Crippen LogP contribution in [0.5, 0.6) is 0 Å². The van der Waals surface area contributed by atoms with Crippen LogP contribution in [0.2, 0.25) is 0 Å². The van der Waals surface area contributed by atoms with E-state index in [4.69, 9.17) is 5.11 Å². The summed E-state index contributed by atoms with van der Waals surface area (Å²) in [5.41, 5.74) is 0.520. The Kier molecular flexibility index (Phi) is 3.17. The van der Waals surface area contributed by atoms with Crippen LogP contribution in [-0.2, 0) is 14.6 Å². The molecule has 1 aliphatic rings. The molecule has 2 rings (SSSR count). The molecule has 1 saturated heterocycles. The minimum atomic E-state index is -3.41. The second kappa shape index (κ2) is 4.46. The van der Waals surface area contributed by atoms with Gasteiger partial charge in [-0.1, -0.05) is 30.3 Å². The first-order chi connectivity index (χ1) is 8.02. The maximum atomic E-state index is 12.0. The van der Waals surface area contributed by atoms with Crippen LogP contribution in [0, 0.1) is 0 Å². The summed E-state index contributed by atoms with van der Waals surface area (Å²) in [6, 6.07) is 7.39. The van der Waals surface area contributed by atoms with Crippen molar-refractivity contribution in [3.63, 3.8) is 0 Å². The van der Waals surface area contributed by atoms with E-state index in [1.807, 2.05) is 0 Å². The highest BCUT2D eigenvalue weighted by molar-refractivity contribution is 7.91. The second-order valence-corrected chi connectivity index (χ2v) is 6.21. The highest BCUT2D eigenvalue weighted by Crippen LogP contribution is 2.29. The summed E-state index contributed by atoms with van der Waals surface area (Å²) in [5.74, 6) is -1.17. The Balaban J connectivity index is 2.47. The van der Waals surface area contributed by atoms with Crippen molar-refractivity contribution in [1.82, 2.24) is 5.32 Å². The largest absolute Gasteiger partial charge is 0.480 e. The minimum Gasteiger partial charge on any atom is -0.480 e. The van der Waals surface area contributed by atoms with Gasteiger partial charge in [-0.25, -0.2) is 8.42 Å². The number of hydrogen-bond acceptors (Lipinski definition) is 4. The molecule has 1 fully saturated rings. The Morgan fingerprint density at radius 1 is 1.29 bits per heavy atom. The van der Waals surface area contributed by atoms with Crippen LogP contribution in [-0.4, -0.2) is 37.8 Å². The first-order valence-corrected chi connectivity index (χ1v) is 6.96. The van der Waals surface area contributed by atoms with Gasteiger partial charge in [0.2, 0.25) is 0 Å². The van der Waals surface area contributed by atoms with Crippen molar-refractivity contribution in [3.05, 3.63) is 35.9 Å². The molecule has 2 unspecified atom stereocenters. The van der Waals surface area contributed by atoms with Gasteiger partial charge < -0.3 is 10.4 Å². The van der Waals surface area contributed by atoms with Gasteiger partial charge in [-0.2, -0.15) is 0 Å². The first kappa shape index (κ1) is 12.1. The number of aliphatic carboxylic acids is 1. The summed E-state index contributed by atoms with van der Waals surface area (Å²) in [4.78, 5) is 11.1. The molecule has 0 aromatic heterocycles. The van der Waals surface area contributed by atoms with Crippen LogP contribution in [0.15, 0.2) is 30.3 Å². The number of nitrogens with one attached hydrogen (secondary N) is 1. The zero-order valence-corrected chi connectivity index (χ0v) is 9.85. The summed E-state index contributed by atoms with van der Waals surface area (Å²) in [5, 5.41) is 10.8. The molecule has 0 aliphatic carbocycles. The normalized spacial score (nSPS) is 27.5. The lowest BCUT2D eigenvalue weighted by molar-refractivity contribution is -0.139. The Bertz CT molecular complexity index is 512. The number of hydrogen-bond donors (Lipinski definition) is 2. The summed E-state index contributed by atoms with van der Waals surface area (Å²) in [6.07, 6.45) is 0. The van der Waals surface area contributed by atoms with Gasteiger partial charge in [0.15, 0.2) is 9.84 Å². The van der Waals surface area contributed by atoms with E-state index in [0.717, 1.165) is 0 Å². The number of sulfone groups is 1. The molecule has 6 heteroatoms. The third-order valence-electron chi connectivity index (χ3n) is 2.83. The smallest absolute Gasteiger partial charge is 0.322 e. The Morgan fingerprint density at radius 3 is 2.53 bits per heavy atom. The van der Waals surface area contributed by atoms with Crippen molar-refractivity contribution in [2.75, 3.05) is 12.3 Å². The molecule has 0 spiro atoms. The molecule has 5 nitrogen and oxygen atoms in total. The lowest BCUT2D eigenvalue weighted by Crippen LogP contribution is -2.51. The number of rotatable bonds is 2. The van der Waals surface area contributed by atoms with Gasteiger partial charge in [0.1, 0.15) is 11.3 Å². The van der Waals surface area contributed by atoms with Gasteiger partial charge in [0.25, 0.3) is 0 Å². The maximum Gasteiger partial charge on any atom is 0.322 e. The van der Waals surface area contributed by atoms with Crippen molar-refractivity contribution in [2.45, 2.75) is 11.3 Å². The molecule has 1 aliphatic heterocycles. The molecular formula is C11H13NO4S. The molecular weight excluding hydrogens is 242 g/mol. The summed E-state index contributed by atoms with van der Waals surface area (Å²) in [6.45, 7) is 0.183. The fourth-order valence-corrected chi connectivity index (χ4v) is 3.91. The number of carboxylic acid groups (broad SMARTS) is 1. The van der Waals surface area contributed by atoms with E-state index < -0.39 is 27.1 Å². The molecule has 1 aromatic rings. The van der Waals surface area contributed by atoms with Crippen LogP contribution in [0.1, 0.15) is 10.8 Å². The molecule has 1 heterocycles. The minimum absolute atomic E-state index is 0.0314. The van der Waals surface area contributed by atoms with Gasteiger partial charge >= 0.3 is 5.97 Å². The fraction of sp³-hybridized carbons (Fsp3) is 0.364. The molecule has 0 bridgehead atoms.